The van der Waals surface area contributed by atoms with Gasteiger partial charge in [0.05, 0.1) is 14.2 Å². The van der Waals surface area contributed by atoms with E-state index >= 15 is 0 Å². The third kappa shape index (κ3) is 6.52. The van der Waals surface area contributed by atoms with Crippen molar-refractivity contribution in [2.75, 3.05) is 32.6 Å². The Morgan fingerprint density at radius 1 is 1.08 bits per heavy atom. The maximum atomic E-state index is 13.1. The Balaban J connectivity index is 1.72. The molecule has 0 bridgehead atoms. The summed E-state index contributed by atoms with van der Waals surface area (Å²) in [6, 6.07) is 13.1. The van der Waals surface area contributed by atoms with Crippen LogP contribution in [0.5, 0.6) is 5.75 Å². The second kappa shape index (κ2) is 9.53. The number of anilines is 1. The first kappa shape index (κ1) is 19.4. The van der Waals surface area contributed by atoms with E-state index in [-0.39, 0.29) is 24.9 Å². The zero-order valence-corrected chi connectivity index (χ0v) is 14.8. The summed E-state index contributed by atoms with van der Waals surface area (Å²) in [5, 5.41) is 5.43. The third-order valence-electron chi connectivity index (χ3n) is 3.68. The molecule has 0 saturated heterocycles. The van der Waals surface area contributed by atoms with Crippen LogP contribution in [0.15, 0.2) is 48.5 Å². The van der Waals surface area contributed by atoms with Crippen LogP contribution in [-0.2, 0) is 16.1 Å². The zero-order chi connectivity index (χ0) is 18.9. The average Bonchev–Trinajstić information content (AvgIpc) is 2.60. The Morgan fingerprint density at radius 3 is 2.42 bits per heavy atom. The standard InChI is InChI=1S/C19H22FN3O3/c1-23(13-19(25)22-16-5-3-4-15(20)10-16)12-18(24)21-11-14-6-8-17(26-2)9-7-14/h3-10H,11-13H2,1-2H3,(H,21,24)(H,22,25)/p+1. The van der Waals surface area contributed by atoms with Gasteiger partial charge in [0, 0.05) is 12.2 Å². The smallest absolute Gasteiger partial charge is 0.279 e. The molecule has 138 valence electrons. The van der Waals surface area contributed by atoms with Crippen LogP contribution in [0.2, 0.25) is 0 Å². The molecular weight excluding hydrogens is 337 g/mol. The molecule has 0 aliphatic carbocycles. The van der Waals surface area contributed by atoms with Crippen molar-refractivity contribution >= 4 is 17.5 Å². The van der Waals surface area contributed by atoms with Crippen LogP contribution >= 0.6 is 0 Å². The van der Waals surface area contributed by atoms with Crippen LogP contribution in [0, 0.1) is 5.82 Å². The zero-order valence-electron chi connectivity index (χ0n) is 14.8. The molecule has 0 radical (unpaired) electrons. The van der Waals surface area contributed by atoms with Gasteiger partial charge in [-0.3, -0.25) is 9.59 Å². The summed E-state index contributed by atoms with van der Waals surface area (Å²) in [4.78, 5) is 24.7. The summed E-state index contributed by atoms with van der Waals surface area (Å²) >= 11 is 0. The number of halogens is 1. The average molecular weight is 360 g/mol. The molecule has 6 nitrogen and oxygen atoms in total. The molecule has 2 rings (SSSR count). The summed E-state index contributed by atoms with van der Waals surface area (Å²) in [5.41, 5.74) is 1.35. The molecule has 0 aliphatic heterocycles. The van der Waals surface area contributed by atoms with E-state index in [1.807, 2.05) is 24.3 Å². The summed E-state index contributed by atoms with van der Waals surface area (Å²) in [5.74, 6) is -0.0945. The van der Waals surface area contributed by atoms with Gasteiger partial charge >= 0.3 is 0 Å². The molecule has 0 saturated carbocycles. The largest absolute Gasteiger partial charge is 0.497 e. The number of hydrogen-bond acceptors (Lipinski definition) is 3. The van der Waals surface area contributed by atoms with E-state index in [9.17, 15) is 14.0 Å². The molecule has 0 spiro atoms. The van der Waals surface area contributed by atoms with Crippen molar-refractivity contribution in [1.82, 2.24) is 5.32 Å². The van der Waals surface area contributed by atoms with Gasteiger partial charge in [-0.15, -0.1) is 0 Å². The SMILES string of the molecule is COc1ccc(CNC(=O)C[NH+](C)CC(=O)Nc2cccc(F)c2)cc1. The maximum Gasteiger partial charge on any atom is 0.279 e. The highest BCUT2D eigenvalue weighted by molar-refractivity contribution is 5.91. The fourth-order valence-corrected chi connectivity index (χ4v) is 2.39. The molecule has 2 aromatic rings. The number of hydrogen-bond donors (Lipinski definition) is 3. The molecular formula is C19H23FN3O3+. The fraction of sp³-hybridized carbons (Fsp3) is 0.263. The van der Waals surface area contributed by atoms with Gasteiger partial charge in [-0.1, -0.05) is 18.2 Å². The van der Waals surface area contributed by atoms with E-state index < -0.39 is 5.82 Å². The monoisotopic (exact) mass is 360 g/mol. The number of quaternary nitrogens is 1. The maximum absolute atomic E-state index is 13.1. The Bertz CT molecular complexity index is 750. The number of likely N-dealkylation sites (N-methyl/N-ethyl adjacent to an activating group) is 1. The summed E-state index contributed by atoms with van der Waals surface area (Å²) in [7, 11) is 3.35. The molecule has 0 aromatic heterocycles. The van der Waals surface area contributed by atoms with Gasteiger partial charge in [0.25, 0.3) is 11.8 Å². The molecule has 0 aliphatic rings. The highest BCUT2D eigenvalue weighted by Crippen LogP contribution is 2.11. The number of benzene rings is 2. The molecule has 2 aromatic carbocycles. The summed E-state index contributed by atoms with van der Waals surface area (Å²) in [6.45, 7) is 0.671. The fourth-order valence-electron chi connectivity index (χ4n) is 2.39. The molecule has 0 fully saturated rings. The highest BCUT2D eigenvalue weighted by atomic mass is 19.1. The van der Waals surface area contributed by atoms with Crippen molar-refractivity contribution in [3.8, 4) is 5.75 Å². The highest BCUT2D eigenvalue weighted by Gasteiger charge is 2.14. The predicted molar refractivity (Wildman–Crippen MR) is 96.5 cm³/mol. The second-order valence-electron chi connectivity index (χ2n) is 5.99. The van der Waals surface area contributed by atoms with E-state index in [0.717, 1.165) is 16.2 Å². The van der Waals surface area contributed by atoms with Crippen molar-refractivity contribution in [1.29, 1.82) is 0 Å². The number of carbonyl (C=O) groups excluding carboxylic acids is 2. The van der Waals surface area contributed by atoms with Crippen LogP contribution in [0.4, 0.5) is 10.1 Å². The number of carbonyl (C=O) groups is 2. The molecule has 1 atom stereocenters. The molecule has 0 heterocycles. The van der Waals surface area contributed by atoms with Gasteiger partial charge in [0.15, 0.2) is 13.1 Å². The lowest BCUT2D eigenvalue weighted by Crippen LogP contribution is -3.11. The van der Waals surface area contributed by atoms with Crippen molar-refractivity contribution in [3.63, 3.8) is 0 Å². The third-order valence-corrected chi connectivity index (χ3v) is 3.68. The Kier molecular flexibility index (Phi) is 7.11. The topological polar surface area (TPSA) is 71.9 Å². The van der Waals surface area contributed by atoms with Gasteiger partial charge in [0.1, 0.15) is 11.6 Å². The quantitative estimate of drug-likeness (QED) is 0.646. The van der Waals surface area contributed by atoms with Crippen LogP contribution < -0.4 is 20.3 Å². The van der Waals surface area contributed by atoms with E-state index in [1.165, 1.54) is 18.2 Å². The lowest BCUT2D eigenvalue weighted by Gasteiger charge is -2.14. The number of ether oxygens (including phenoxy) is 1. The Morgan fingerprint density at radius 2 is 1.77 bits per heavy atom. The van der Waals surface area contributed by atoms with E-state index in [4.69, 9.17) is 4.74 Å². The predicted octanol–water partition coefficient (Wildman–Crippen LogP) is 0.604. The van der Waals surface area contributed by atoms with Crippen molar-refractivity contribution in [2.24, 2.45) is 0 Å². The van der Waals surface area contributed by atoms with Crippen LogP contribution in [0.25, 0.3) is 0 Å². The van der Waals surface area contributed by atoms with Crippen LogP contribution in [0.1, 0.15) is 5.56 Å². The van der Waals surface area contributed by atoms with Gasteiger partial charge in [-0.2, -0.15) is 0 Å². The molecule has 7 heteroatoms. The minimum atomic E-state index is -0.415. The number of rotatable bonds is 8. The first-order valence-corrected chi connectivity index (χ1v) is 8.22. The normalized spacial score (nSPS) is 11.5. The molecule has 2 amide bonds. The van der Waals surface area contributed by atoms with E-state index in [1.54, 1.807) is 20.2 Å². The lowest BCUT2D eigenvalue weighted by molar-refractivity contribution is -0.862. The second-order valence-corrected chi connectivity index (χ2v) is 5.99. The van der Waals surface area contributed by atoms with Crippen LogP contribution in [0.3, 0.4) is 0 Å². The molecule has 1 unspecified atom stereocenters. The Hall–Kier alpha value is -2.93. The van der Waals surface area contributed by atoms with Gasteiger partial charge in [0.2, 0.25) is 0 Å². The number of nitrogens with one attached hydrogen (secondary N) is 3. The van der Waals surface area contributed by atoms with Gasteiger partial charge in [-0.05, 0) is 35.9 Å². The number of amides is 2. The van der Waals surface area contributed by atoms with Gasteiger partial charge in [-0.25, -0.2) is 4.39 Å². The number of methoxy groups -OCH3 is 1. The minimum absolute atomic E-state index is 0.104. The van der Waals surface area contributed by atoms with Crippen LogP contribution in [-0.4, -0.2) is 39.1 Å². The van der Waals surface area contributed by atoms with Crippen molar-refractivity contribution in [2.45, 2.75) is 6.54 Å². The van der Waals surface area contributed by atoms with E-state index in [2.05, 4.69) is 10.6 Å². The van der Waals surface area contributed by atoms with Crippen molar-refractivity contribution < 1.29 is 23.6 Å². The van der Waals surface area contributed by atoms with Gasteiger partial charge < -0.3 is 20.3 Å². The summed E-state index contributed by atoms with van der Waals surface area (Å²) in [6.07, 6.45) is 0. The summed E-state index contributed by atoms with van der Waals surface area (Å²) < 4.78 is 18.2. The first-order valence-electron chi connectivity index (χ1n) is 8.22. The molecule has 26 heavy (non-hydrogen) atoms. The van der Waals surface area contributed by atoms with E-state index in [0.29, 0.717) is 12.2 Å². The van der Waals surface area contributed by atoms with Crippen molar-refractivity contribution in [3.05, 3.63) is 59.9 Å². The first-order chi connectivity index (χ1) is 12.5. The Labute approximate surface area is 152 Å². The molecule has 3 N–H and O–H groups in total. The lowest BCUT2D eigenvalue weighted by atomic mass is 10.2. The minimum Gasteiger partial charge on any atom is -0.497 e.